The summed E-state index contributed by atoms with van der Waals surface area (Å²) < 4.78 is 6.68. The second-order valence-corrected chi connectivity index (χ2v) is 8.90. The van der Waals surface area contributed by atoms with Gasteiger partial charge in [0.05, 0.1) is 22.6 Å². The molecule has 3 N–H and O–H groups in total. The van der Waals surface area contributed by atoms with Crippen LogP contribution in [0.4, 0.5) is 16.2 Å². The number of ether oxygens (including phenoxy) is 1. The fraction of sp³-hybridized carbons (Fsp3) is 0.120. The number of hydrogen-bond acceptors (Lipinski definition) is 7. The van der Waals surface area contributed by atoms with E-state index in [0.29, 0.717) is 57.6 Å². The second kappa shape index (κ2) is 11.3. The number of amides is 2. The van der Waals surface area contributed by atoms with Gasteiger partial charge in [-0.25, -0.2) is 9.78 Å². The number of allylic oxidation sites excluding steroid dienone is 1. The quantitative estimate of drug-likeness (QED) is 0.238. The van der Waals surface area contributed by atoms with E-state index in [4.69, 9.17) is 27.9 Å². The fourth-order valence-corrected chi connectivity index (χ4v) is 4.28. The molecule has 0 atom stereocenters. The van der Waals surface area contributed by atoms with Gasteiger partial charge in [-0.1, -0.05) is 41.4 Å². The molecule has 13 heteroatoms. The van der Waals surface area contributed by atoms with Crippen LogP contribution in [0.25, 0.3) is 23.0 Å². The Bertz CT molecular complexity index is 1550. The van der Waals surface area contributed by atoms with Crippen molar-refractivity contribution >= 4 is 52.7 Å². The van der Waals surface area contributed by atoms with E-state index < -0.39 is 12.0 Å². The molecule has 0 saturated heterocycles. The van der Waals surface area contributed by atoms with Crippen LogP contribution in [0.1, 0.15) is 17.8 Å². The van der Waals surface area contributed by atoms with Crippen LogP contribution in [0.2, 0.25) is 10.2 Å². The number of fused-ring (bicyclic) bond motifs is 4. The van der Waals surface area contributed by atoms with Gasteiger partial charge < -0.3 is 15.0 Å². The number of tetrazole rings is 1. The molecular weight excluding hydrogens is 531 g/mol. The number of nitrogens with zero attached hydrogens (tertiary/aromatic N) is 5. The van der Waals surface area contributed by atoms with Gasteiger partial charge in [0.15, 0.2) is 0 Å². The minimum atomic E-state index is -0.651. The minimum Gasteiger partial charge on any atom is -0.445 e. The molecule has 1 aliphatic rings. The van der Waals surface area contributed by atoms with Crippen molar-refractivity contribution < 1.29 is 14.3 Å². The molecule has 2 aromatic heterocycles. The summed E-state index contributed by atoms with van der Waals surface area (Å²) in [4.78, 5) is 33.1. The monoisotopic (exact) mass is 550 g/mol. The van der Waals surface area contributed by atoms with Crippen LogP contribution in [-0.2, 0) is 16.0 Å². The highest BCUT2D eigenvalue weighted by Crippen LogP contribution is 2.38. The van der Waals surface area contributed by atoms with Crippen molar-refractivity contribution in [1.82, 2.24) is 30.2 Å². The van der Waals surface area contributed by atoms with E-state index in [2.05, 4.69) is 36.1 Å². The van der Waals surface area contributed by atoms with Crippen molar-refractivity contribution in [3.8, 4) is 16.9 Å². The van der Waals surface area contributed by atoms with Gasteiger partial charge in [0.2, 0.25) is 5.91 Å². The van der Waals surface area contributed by atoms with E-state index >= 15 is 0 Å². The standard InChI is InChI=1S/C25H20Cl2N8O3/c26-16-9-10-19(35-14-28-33-34-35)15(13-16)8-11-21(36)29-17-5-4-6-18-22(17)23-24(27)32-20(31-23)7-2-1-3-12-38-25(37)30-18/h1,3-6,8-11,13-14H,2,7,12H2,(H,29,36)(H,30,37)(H,31,32). The highest BCUT2D eigenvalue weighted by atomic mass is 35.5. The number of aromatic amines is 1. The van der Waals surface area contributed by atoms with Gasteiger partial charge in [0, 0.05) is 23.1 Å². The van der Waals surface area contributed by atoms with Gasteiger partial charge in [0.25, 0.3) is 0 Å². The summed E-state index contributed by atoms with van der Waals surface area (Å²) in [7, 11) is 0. The number of aromatic nitrogens is 6. The summed E-state index contributed by atoms with van der Waals surface area (Å²) in [6.45, 7) is 0.127. The lowest BCUT2D eigenvalue weighted by Gasteiger charge is -2.15. The smallest absolute Gasteiger partial charge is 0.411 e. The van der Waals surface area contributed by atoms with Crippen molar-refractivity contribution in [3.05, 3.63) is 82.5 Å². The first-order valence-electron chi connectivity index (χ1n) is 11.5. The van der Waals surface area contributed by atoms with E-state index in [-0.39, 0.29) is 11.8 Å². The predicted octanol–water partition coefficient (Wildman–Crippen LogP) is 5.06. The summed E-state index contributed by atoms with van der Waals surface area (Å²) >= 11 is 12.7. The fourth-order valence-electron chi connectivity index (χ4n) is 3.85. The Balaban J connectivity index is 1.48. The highest BCUT2D eigenvalue weighted by Gasteiger charge is 2.21. The molecular formula is C25H20Cl2N8O3. The first-order chi connectivity index (χ1) is 18.5. The van der Waals surface area contributed by atoms with Crippen LogP contribution in [-0.4, -0.2) is 48.8 Å². The Morgan fingerprint density at radius 1 is 1.18 bits per heavy atom. The summed E-state index contributed by atoms with van der Waals surface area (Å²) in [5.41, 5.74) is 2.83. The molecule has 38 heavy (non-hydrogen) atoms. The molecule has 1 aliphatic heterocycles. The molecule has 2 amide bonds. The summed E-state index contributed by atoms with van der Waals surface area (Å²) in [5.74, 6) is 0.229. The summed E-state index contributed by atoms with van der Waals surface area (Å²) in [6, 6.07) is 10.2. The lowest BCUT2D eigenvalue weighted by atomic mass is 10.1. The van der Waals surface area contributed by atoms with Crippen molar-refractivity contribution in [2.45, 2.75) is 12.8 Å². The van der Waals surface area contributed by atoms with Crippen molar-refractivity contribution in [3.63, 3.8) is 0 Å². The molecule has 11 nitrogen and oxygen atoms in total. The maximum atomic E-state index is 13.0. The molecule has 4 aromatic rings. The molecule has 0 fully saturated rings. The van der Waals surface area contributed by atoms with Crippen LogP contribution in [0.3, 0.4) is 0 Å². The Hall–Kier alpha value is -4.48. The number of carbonyl (C=O) groups excluding carboxylic acids is 2. The Labute approximate surface area is 226 Å². The van der Waals surface area contributed by atoms with E-state index in [1.165, 1.54) is 17.1 Å². The first kappa shape index (κ1) is 25.2. The maximum absolute atomic E-state index is 13.0. The lowest BCUT2D eigenvalue weighted by molar-refractivity contribution is -0.111. The first-order valence-corrected chi connectivity index (χ1v) is 12.2. The number of imidazole rings is 1. The van der Waals surface area contributed by atoms with E-state index in [1.807, 2.05) is 6.08 Å². The van der Waals surface area contributed by atoms with Crippen LogP contribution in [0.5, 0.6) is 0 Å². The number of rotatable bonds is 4. The number of aryl methyl sites for hydroxylation is 1. The topological polar surface area (TPSA) is 140 Å². The number of H-pyrrole nitrogens is 1. The molecule has 0 unspecified atom stereocenters. The zero-order valence-corrected chi connectivity index (χ0v) is 21.2. The number of nitrogens with one attached hydrogen (secondary N) is 3. The zero-order chi connectivity index (χ0) is 26.5. The van der Waals surface area contributed by atoms with Gasteiger partial charge in [-0.2, -0.15) is 4.68 Å². The van der Waals surface area contributed by atoms with Crippen molar-refractivity contribution in [1.29, 1.82) is 0 Å². The molecule has 3 heterocycles. The SMILES string of the molecule is O=C(C=Cc1cc(Cl)ccc1-n1cnnn1)Nc1cccc2c1-c1nc([nH]c1Cl)CCC=CCOC(=O)N2. The Kier molecular flexibility index (Phi) is 7.47. The van der Waals surface area contributed by atoms with E-state index in [9.17, 15) is 9.59 Å². The van der Waals surface area contributed by atoms with E-state index in [1.54, 1.807) is 48.6 Å². The summed E-state index contributed by atoms with van der Waals surface area (Å²) in [5, 5.41) is 17.5. The van der Waals surface area contributed by atoms with E-state index in [0.717, 1.165) is 0 Å². The zero-order valence-electron chi connectivity index (χ0n) is 19.7. The molecule has 192 valence electrons. The van der Waals surface area contributed by atoms with Crippen molar-refractivity contribution in [2.75, 3.05) is 17.2 Å². The Morgan fingerprint density at radius 3 is 2.92 bits per heavy atom. The largest absolute Gasteiger partial charge is 0.445 e. The second-order valence-electron chi connectivity index (χ2n) is 8.09. The number of halogens is 2. The van der Waals surface area contributed by atoms with Gasteiger partial charge in [0.1, 0.15) is 29.6 Å². The van der Waals surface area contributed by atoms with Gasteiger partial charge >= 0.3 is 6.09 Å². The lowest BCUT2D eigenvalue weighted by Crippen LogP contribution is -2.16. The molecule has 0 radical (unpaired) electrons. The van der Waals surface area contributed by atoms with Gasteiger partial charge in [-0.3, -0.25) is 10.1 Å². The normalized spacial score (nSPS) is 13.6. The molecule has 0 spiro atoms. The van der Waals surface area contributed by atoms with Gasteiger partial charge in [-0.15, -0.1) is 5.10 Å². The summed E-state index contributed by atoms with van der Waals surface area (Å²) in [6.07, 6.45) is 8.68. The number of anilines is 2. The molecule has 0 saturated carbocycles. The third-order valence-electron chi connectivity index (χ3n) is 5.53. The highest BCUT2D eigenvalue weighted by molar-refractivity contribution is 6.32. The molecule has 2 aromatic carbocycles. The number of hydrogen-bond donors (Lipinski definition) is 3. The molecule has 2 bridgehead atoms. The average molecular weight is 551 g/mol. The van der Waals surface area contributed by atoms with Crippen LogP contribution in [0.15, 0.2) is 61.0 Å². The number of cyclic esters (lactones) is 1. The predicted molar refractivity (Wildman–Crippen MR) is 143 cm³/mol. The third-order valence-corrected chi connectivity index (χ3v) is 6.04. The van der Waals surface area contributed by atoms with Crippen LogP contribution in [0, 0.1) is 0 Å². The number of benzene rings is 2. The third kappa shape index (κ3) is 5.74. The number of carbonyl (C=O) groups is 2. The maximum Gasteiger partial charge on any atom is 0.411 e. The van der Waals surface area contributed by atoms with Crippen LogP contribution < -0.4 is 10.6 Å². The Morgan fingerprint density at radius 2 is 2.08 bits per heavy atom. The van der Waals surface area contributed by atoms with Crippen LogP contribution >= 0.6 is 23.2 Å². The molecule has 5 rings (SSSR count). The average Bonchev–Trinajstić information content (AvgIpc) is 3.55. The van der Waals surface area contributed by atoms with Crippen molar-refractivity contribution in [2.24, 2.45) is 0 Å². The van der Waals surface area contributed by atoms with Gasteiger partial charge in [-0.05, 0) is 53.3 Å². The molecule has 0 aliphatic carbocycles. The minimum absolute atomic E-state index is 0.127.